The zero-order valence-corrected chi connectivity index (χ0v) is 17.7. The van der Waals surface area contributed by atoms with Crippen LogP contribution < -0.4 is 15.1 Å². The van der Waals surface area contributed by atoms with Gasteiger partial charge in [0.1, 0.15) is 5.82 Å². The van der Waals surface area contributed by atoms with Crippen molar-refractivity contribution in [2.24, 2.45) is 0 Å². The largest absolute Gasteiger partial charge is 0.379 e. The third kappa shape index (κ3) is 4.29. The molecule has 1 aromatic carbocycles. The average Bonchev–Trinajstić information content (AvgIpc) is 3.23. The van der Waals surface area contributed by atoms with Gasteiger partial charge in [-0.2, -0.15) is 0 Å². The van der Waals surface area contributed by atoms with E-state index in [1.54, 1.807) is 0 Å². The van der Waals surface area contributed by atoms with Crippen LogP contribution in [0.5, 0.6) is 0 Å². The molecule has 0 unspecified atom stereocenters. The summed E-state index contributed by atoms with van der Waals surface area (Å²) in [5.41, 5.74) is 3.67. The number of benzene rings is 1. The molecule has 0 bridgehead atoms. The number of anilines is 2. The fourth-order valence-electron chi connectivity index (χ4n) is 4.71. The molecule has 0 radical (unpaired) electrons. The summed E-state index contributed by atoms with van der Waals surface area (Å²) in [6.07, 6.45) is 4.26. The number of aromatic nitrogens is 2. The minimum Gasteiger partial charge on any atom is -0.379 e. The first kappa shape index (κ1) is 19.7. The maximum Gasteiger partial charge on any atom is 0.163 e. The van der Waals surface area contributed by atoms with Crippen molar-refractivity contribution in [3.05, 3.63) is 36.0 Å². The molecule has 0 atom stereocenters. The summed E-state index contributed by atoms with van der Waals surface area (Å²) in [6, 6.07) is 8.58. The highest BCUT2D eigenvalue weighted by Crippen LogP contribution is 2.32. The number of morpholine rings is 1. The van der Waals surface area contributed by atoms with E-state index in [4.69, 9.17) is 14.7 Å². The molecular weight excluding hydrogens is 376 g/mol. The number of nitrogens with one attached hydrogen (secondary N) is 1. The molecule has 1 aromatic heterocycles. The number of fused-ring (bicyclic) bond motifs is 1. The van der Waals surface area contributed by atoms with Crippen molar-refractivity contribution in [2.45, 2.75) is 12.8 Å². The van der Waals surface area contributed by atoms with Crippen molar-refractivity contribution >= 4 is 11.5 Å². The minimum atomic E-state index is 0.850. The summed E-state index contributed by atoms with van der Waals surface area (Å²) in [5, 5.41) is 3.44. The number of hydrogen-bond donors (Lipinski definition) is 1. The summed E-state index contributed by atoms with van der Waals surface area (Å²) in [6.45, 7) is 11.2. The second-order valence-electron chi connectivity index (χ2n) is 8.34. The van der Waals surface area contributed by atoms with Crippen molar-refractivity contribution in [2.75, 3.05) is 81.9 Å². The van der Waals surface area contributed by atoms with E-state index in [0.717, 1.165) is 102 Å². The van der Waals surface area contributed by atoms with E-state index in [9.17, 15) is 0 Å². The van der Waals surface area contributed by atoms with Crippen LogP contribution in [0.4, 0.5) is 11.5 Å². The summed E-state index contributed by atoms with van der Waals surface area (Å²) >= 11 is 0. The van der Waals surface area contributed by atoms with E-state index in [1.165, 1.54) is 11.3 Å². The van der Waals surface area contributed by atoms with Gasteiger partial charge in [-0.25, -0.2) is 9.97 Å². The topological polar surface area (TPSA) is 56.8 Å². The monoisotopic (exact) mass is 408 g/mol. The van der Waals surface area contributed by atoms with Crippen molar-refractivity contribution in [1.82, 2.24) is 20.2 Å². The van der Waals surface area contributed by atoms with E-state index in [0.29, 0.717) is 0 Å². The lowest BCUT2D eigenvalue weighted by molar-refractivity contribution is 0.0376. The smallest absolute Gasteiger partial charge is 0.163 e. The highest BCUT2D eigenvalue weighted by atomic mass is 16.5. The Hall–Kier alpha value is -2.22. The van der Waals surface area contributed by atoms with Crippen molar-refractivity contribution in [1.29, 1.82) is 0 Å². The van der Waals surface area contributed by atoms with Gasteiger partial charge in [0.25, 0.3) is 0 Å². The van der Waals surface area contributed by atoms with Gasteiger partial charge in [-0.3, -0.25) is 4.90 Å². The Morgan fingerprint density at radius 1 is 0.967 bits per heavy atom. The molecule has 7 heteroatoms. The Kier molecular flexibility index (Phi) is 6.11. The van der Waals surface area contributed by atoms with Crippen LogP contribution >= 0.6 is 0 Å². The number of ether oxygens (including phenoxy) is 1. The quantitative estimate of drug-likeness (QED) is 0.780. The fraction of sp³-hybridized carbons (Fsp3) is 0.565. The van der Waals surface area contributed by atoms with E-state index in [2.05, 4.69) is 44.3 Å². The Labute approximate surface area is 179 Å². The molecule has 30 heavy (non-hydrogen) atoms. The highest BCUT2D eigenvalue weighted by Gasteiger charge is 2.23. The van der Waals surface area contributed by atoms with Crippen molar-refractivity contribution in [3.8, 4) is 11.4 Å². The molecule has 0 spiro atoms. The molecule has 2 fully saturated rings. The van der Waals surface area contributed by atoms with E-state index in [1.807, 2.05) is 6.20 Å². The molecule has 160 valence electrons. The second-order valence-corrected chi connectivity index (χ2v) is 8.34. The van der Waals surface area contributed by atoms with Crippen LogP contribution in [-0.4, -0.2) is 87.0 Å². The van der Waals surface area contributed by atoms with Crippen LogP contribution in [0, 0.1) is 0 Å². The van der Waals surface area contributed by atoms with E-state index in [-0.39, 0.29) is 0 Å². The molecule has 2 saturated heterocycles. The third-order valence-electron chi connectivity index (χ3n) is 6.40. The first-order valence-corrected chi connectivity index (χ1v) is 11.3. The van der Waals surface area contributed by atoms with Gasteiger partial charge < -0.3 is 19.9 Å². The van der Waals surface area contributed by atoms with Gasteiger partial charge in [0.2, 0.25) is 0 Å². The van der Waals surface area contributed by atoms with Crippen LogP contribution in [0.2, 0.25) is 0 Å². The number of rotatable bonds is 6. The van der Waals surface area contributed by atoms with Crippen LogP contribution in [0.25, 0.3) is 11.4 Å². The lowest BCUT2D eigenvalue weighted by Gasteiger charge is -2.31. The molecule has 4 heterocycles. The molecule has 1 N–H and O–H groups in total. The molecule has 3 aliphatic rings. The summed E-state index contributed by atoms with van der Waals surface area (Å²) in [5.74, 6) is 1.99. The Balaban J connectivity index is 1.31. The Morgan fingerprint density at radius 2 is 1.80 bits per heavy atom. The van der Waals surface area contributed by atoms with Gasteiger partial charge in [0, 0.05) is 81.9 Å². The summed E-state index contributed by atoms with van der Waals surface area (Å²) in [7, 11) is 0. The SMILES string of the molecule is c1ccc(N2CCNCC2)c(-c2ncc3c(n2)N(CCCN2CCOCC2)CC3)c1. The molecule has 3 aliphatic heterocycles. The van der Waals surface area contributed by atoms with E-state index < -0.39 is 0 Å². The van der Waals surface area contributed by atoms with Crippen LogP contribution in [0.1, 0.15) is 12.0 Å². The third-order valence-corrected chi connectivity index (χ3v) is 6.40. The second kappa shape index (κ2) is 9.29. The minimum absolute atomic E-state index is 0.850. The van der Waals surface area contributed by atoms with Crippen LogP contribution in [0.3, 0.4) is 0 Å². The number of hydrogen-bond acceptors (Lipinski definition) is 7. The zero-order chi connectivity index (χ0) is 20.2. The molecule has 0 amide bonds. The fourth-order valence-corrected chi connectivity index (χ4v) is 4.71. The highest BCUT2D eigenvalue weighted by molar-refractivity contribution is 5.75. The first-order valence-electron chi connectivity index (χ1n) is 11.3. The van der Waals surface area contributed by atoms with E-state index >= 15 is 0 Å². The average molecular weight is 409 g/mol. The van der Waals surface area contributed by atoms with Gasteiger partial charge >= 0.3 is 0 Å². The lowest BCUT2D eigenvalue weighted by Crippen LogP contribution is -2.43. The van der Waals surface area contributed by atoms with Gasteiger partial charge in [-0.1, -0.05) is 12.1 Å². The number of para-hydroxylation sites is 1. The van der Waals surface area contributed by atoms with Crippen LogP contribution in [-0.2, 0) is 11.2 Å². The normalized spacial score (nSPS) is 19.9. The number of piperazine rings is 1. The van der Waals surface area contributed by atoms with Gasteiger partial charge in [0.05, 0.1) is 13.2 Å². The predicted octanol–water partition coefficient (Wildman–Crippen LogP) is 1.64. The van der Waals surface area contributed by atoms with Crippen molar-refractivity contribution < 1.29 is 4.74 Å². The number of nitrogens with zero attached hydrogens (tertiary/aromatic N) is 5. The maximum absolute atomic E-state index is 5.46. The van der Waals surface area contributed by atoms with Gasteiger partial charge in [-0.05, 0) is 25.0 Å². The molecule has 7 nitrogen and oxygen atoms in total. The zero-order valence-electron chi connectivity index (χ0n) is 17.7. The molecule has 0 saturated carbocycles. The van der Waals surface area contributed by atoms with Crippen LogP contribution in [0.15, 0.2) is 30.5 Å². The van der Waals surface area contributed by atoms with Gasteiger partial charge in [-0.15, -0.1) is 0 Å². The summed E-state index contributed by atoms with van der Waals surface area (Å²) < 4.78 is 5.46. The Morgan fingerprint density at radius 3 is 2.67 bits per heavy atom. The molecular formula is C23H32N6O. The predicted molar refractivity (Wildman–Crippen MR) is 120 cm³/mol. The lowest BCUT2D eigenvalue weighted by atomic mass is 10.1. The maximum atomic E-state index is 5.46. The Bertz CT molecular complexity index is 847. The molecule has 5 rings (SSSR count). The van der Waals surface area contributed by atoms with Gasteiger partial charge in [0.15, 0.2) is 5.82 Å². The van der Waals surface area contributed by atoms with Crippen molar-refractivity contribution in [3.63, 3.8) is 0 Å². The molecule has 2 aromatic rings. The first-order chi connectivity index (χ1) is 14.9. The standard InChI is InChI=1S/C23H32N6O/c1-2-5-21(28-12-7-24-8-13-28)20(4-1)22-25-18-19-6-11-29(23(19)26-22)10-3-9-27-14-16-30-17-15-27/h1-2,4-5,18,24H,3,6-17H2. The molecule has 0 aliphatic carbocycles. The summed E-state index contributed by atoms with van der Waals surface area (Å²) in [4.78, 5) is 17.2.